The average Bonchev–Trinajstić information content (AvgIpc) is 3.23. The number of aliphatic hydroxyl groups excluding tert-OH is 1. The van der Waals surface area contributed by atoms with Gasteiger partial charge in [0.05, 0.1) is 6.61 Å². The molecule has 0 aromatic heterocycles. The lowest BCUT2D eigenvalue weighted by atomic mass is 10.0. The summed E-state index contributed by atoms with van der Waals surface area (Å²) >= 11 is 0. The van der Waals surface area contributed by atoms with Crippen LogP contribution in [0.15, 0.2) is 85.1 Å². The molecule has 5 heteroatoms. The Balaban J connectivity index is 3.54. The van der Waals surface area contributed by atoms with Gasteiger partial charge in [0.15, 0.2) is 6.10 Å². The van der Waals surface area contributed by atoms with Crippen molar-refractivity contribution in [2.24, 2.45) is 0 Å². The number of aliphatic hydroxyl groups is 1. The number of carbonyl (C=O) groups is 2. The molecule has 0 bridgehead atoms. The van der Waals surface area contributed by atoms with Gasteiger partial charge in [0, 0.05) is 12.8 Å². The summed E-state index contributed by atoms with van der Waals surface area (Å²) < 4.78 is 10.6. The molecule has 0 saturated heterocycles. The van der Waals surface area contributed by atoms with Crippen molar-refractivity contribution >= 4 is 11.9 Å². The zero-order valence-corrected chi connectivity index (χ0v) is 37.8. The number of hydrogen-bond donors (Lipinski definition) is 1. The second-order valence-electron chi connectivity index (χ2n) is 15.8. The van der Waals surface area contributed by atoms with Gasteiger partial charge in [0.1, 0.15) is 6.61 Å². The first-order chi connectivity index (χ1) is 28.6. The quantitative estimate of drug-likeness (QED) is 0.0377. The highest BCUT2D eigenvalue weighted by molar-refractivity contribution is 5.70. The molecule has 0 aliphatic heterocycles. The van der Waals surface area contributed by atoms with Crippen LogP contribution in [0.3, 0.4) is 0 Å². The number of esters is 2. The van der Waals surface area contributed by atoms with Gasteiger partial charge in [-0.3, -0.25) is 9.59 Å². The maximum atomic E-state index is 12.2. The second-order valence-corrected chi connectivity index (χ2v) is 15.8. The van der Waals surface area contributed by atoms with Crippen LogP contribution in [-0.4, -0.2) is 36.4 Å². The van der Waals surface area contributed by atoms with Crippen molar-refractivity contribution in [3.05, 3.63) is 85.1 Å². The zero-order valence-electron chi connectivity index (χ0n) is 37.8. The van der Waals surface area contributed by atoms with E-state index in [9.17, 15) is 14.7 Å². The topological polar surface area (TPSA) is 72.8 Å². The van der Waals surface area contributed by atoms with Gasteiger partial charge in [-0.05, 0) is 70.6 Å². The Morgan fingerprint density at radius 3 is 1.12 bits per heavy atom. The molecule has 1 atom stereocenters. The first kappa shape index (κ1) is 55.1. The summed E-state index contributed by atoms with van der Waals surface area (Å²) in [7, 11) is 0. The molecule has 0 saturated carbocycles. The Bertz CT molecular complexity index is 1090. The van der Waals surface area contributed by atoms with E-state index < -0.39 is 6.10 Å². The van der Waals surface area contributed by atoms with Crippen LogP contribution in [-0.2, 0) is 19.1 Å². The maximum absolute atomic E-state index is 12.2. The predicted octanol–water partition coefficient (Wildman–Crippen LogP) is 15.9. The summed E-state index contributed by atoms with van der Waals surface area (Å²) in [5.41, 5.74) is 0. The van der Waals surface area contributed by atoms with Crippen LogP contribution in [0.25, 0.3) is 0 Å². The van der Waals surface area contributed by atoms with Gasteiger partial charge in [-0.15, -0.1) is 0 Å². The number of hydrogen-bond acceptors (Lipinski definition) is 5. The Hall–Kier alpha value is -2.92. The molecule has 0 aliphatic rings. The second kappa shape index (κ2) is 48.4. The third kappa shape index (κ3) is 45.8. The summed E-state index contributed by atoms with van der Waals surface area (Å²) in [5.74, 6) is -0.595. The molecule has 0 rings (SSSR count). The maximum Gasteiger partial charge on any atom is 0.306 e. The minimum absolute atomic E-state index is 0.0676. The molecule has 0 aliphatic carbocycles. The minimum atomic E-state index is -0.774. The lowest BCUT2D eigenvalue weighted by molar-refractivity contribution is -0.161. The molecule has 58 heavy (non-hydrogen) atoms. The fourth-order valence-electron chi connectivity index (χ4n) is 6.59. The Kier molecular flexibility index (Phi) is 46.0. The van der Waals surface area contributed by atoms with Crippen LogP contribution in [0.2, 0.25) is 0 Å². The molecule has 0 fully saturated rings. The van der Waals surface area contributed by atoms with Gasteiger partial charge in [-0.1, -0.05) is 221 Å². The van der Waals surface area contributed by atoms with E-state index in [1.165, 1.54) is 109 Å². The summed E-state index contributed by atoms with van der Waals surface area (Å²) in [6.45, 7) is 4.01. The van der Waals surface area contributed by atoms with Crippen molar-refractivity contribution in [2.45, 2.75) is 225 Å². The van der Waals surface area contributed by atoms with E-state index in [0.717, 1.165) is 83.5 Å². The van der Waals surface area contributed by atoms with Crippen LogP contribution in [0.1, 0.15) is 219 Å². The highest BCUT2D eigenvalue weighted by Gasteiger charge is 2.16. The fourth-order valence-corrected chi connectivity index (χ4v) is 6.59. The normalized spacial score (nSPS) is 12.9. The van der Waals surface area contributed by atoms with E-state index in [0.29, 0.717) is 12.8 Å². The fraction of sp³-hybridized carbons (Fsp3) is 0.698. The number of carbonyl (C=O) groups excluding carboxylic acids is 2. The number of allylic oxidation sites excluding steroid dienone is 14. The monoisotopic (exact) mass is 807 g/mol. The molecular weight excluding hydrogens is 717 g/mol. The number of ether oxygens (including phenoxy) is 2. The van der Waals surface area contributed by atoms with Crippen molar-refractivity contribution in [1.29, 1.82) is 0 Å². The molecule has 0 radical (unpaired) electrons. The van der Waals surface area contributed by atoms with Gasteiger partial charge in [0.25, 0.3) is 0 Å². The first-order valence-corrected chi connectivity index (χ1v) is 24.1. The van der Waals surface area contributed by atoms with Gasteiger partial charge in [-0.25, -0.2) is 0 Å². The van der Waals surface area contributed by atoms with Crippen molar-refractivity contribution < 1.29 is 24.2 Å². The smallest absolute Gasteiger partial charge is 0.306 e. The third-order valence-corrected chi connectivity index (χ3v) is 10.2. The minimum Gasteiger partial charge on any atom is -0.462 e. The van der Waals surface area contributed by atoms with Crippen LogP contribution < -0.4 is 0 Å². The summed E-state index contributed by atoms with van der Waals surface area (Å²) in [4.78, 5) is 24.3. The number of rotatable bonds is 43. The molecular formula is C53H90O5. The molecule has 1 unspecified atom stereocenters. The molecule has 332 valence electrons. The first-order valence-electron chi connectivity index (χ1n) is 24.1. The van der Waals surface area contributed by atoms with Gasteiger partial charge in [0.2, 0.25) is 0 Å². The molecule has 0 spiro atoms. The summed E-state index contributed by atoms with van der Waals surface area (Å²) in [6, 6.07) is 0. The Morgan fingerprint density at radius 2 is 0.741 bits per heavy atom. The van der Waals surface area contributed by atoms with Crippen molar-refractivity contribution in [3.63, 3.8) is 0 Å². The molecule has 1 N–H and O–H groups in total. The van der Waals surface area contributed by atoms with E-state index in [4.69, 9.17) is 9.47 Å². The van der Waals surface area contributed by atoms with Crippen molar-refractivity contribution in [3.8, 4) is 0 Å². The molecule has 0 aromatic carbocycles. The van der Waals surface area contributed by atoms with Gasteiger partial charge in [-0.2, -0.15) is 0 Å². The van der Waals surface area contributed by atoms with Crippen molar-refractivity contribution in [1.82, 2.24) is 0 Å². The van der Waals surface area contributed by atoms with E-state index in [1.54, 1.807) is 0 Å². The lowest BCUT2D eigenvalue weighted by Crippen LogP contribution is -2.28. The van der Waals surface area contributed by atoms with Crippen LogP contribution in [0, 0.1) is 0 Å². The van der Waals surface area contributed by atoms with E-state index in [1.807, 2.05) is 0 Å². The van der Waals surface area contributed by atoms with Crippen LogP contribution >= 0.6 is 0 Å². The van der Waals surface area contributed by atoms with E-state index in [2.05, 4.69) is 98.9 Å². The van der Waals surface area contributed by atoms with Gasteiger partial charge < -0.3 is 14.6 Å². The van der Waals surface area contributed by atoms with Crippen LogP contribution in [0.4, 0.5) is 0 Å². The average molecular weight is 807 g/mol. The van der Waals surface area contributed by atoms with Crippen LogP contribution in [0.5, 0.6) is 0 Å². The summed E-state index contributed by atoms with van der Waals surface area (Å²) in [5, 5.41) is 9.58. The highest BCUT2D eigenvalue weighted by atomic mass is 16.6. The van der Waals surface area contributed by atoms with Gasteiger partial charge >= 0.3 is 11.9 Å². The molecule has 0 amide bonds. The standard InChI is InChI=1S/C53H90O5/c1-3-5-7-9-11-13-15-16-17-18-19-20-21-22-23-24-25-26-27-28-29-30-31-32-33-34-35-36-38-40-42-44-46-48-53(56)58-51(49-54)50-57-52(55)47-45-43-41-39-37-14-12-10-8-6-4-2/h5,7,11,13,16-17,19-20,22-23,25-26,28-29,51,54H,3-4,6,8-10,12,14-15,18,21,24,27,30-50H2,1-2H3/b7-5-,13-11-,17-16-,20-19-,23-22-,26-25-,29-28-. The SMILES string of the molecule is CC/C=C\C/C=C\C/C=C\C/C=C\C/C=C\C/C=C\C/C=C\CCCCCCCCCCCCCC(=O)OC(CO)COC(=O)CCCCCCCCCCCCC. The molecule has 0 heterocycles. The Morgan fingerprint density at radius 1 is 0.414 bits per heavy atom. The number of unbranched alkanes of at least 4 members (excludes halogenated alkanes) is 21. The molecule has 0 aromatic rings. The largest absolute Gasteiger partial charge is 0.462 e. The Labute approximate surface area is 358 Å². The lowest BCUT2D eigenvalue weighted by Gasteiger charge is -2.15. The summed E-state index contributed by atoms with van der Waals surface area (Å²) in [6.07, 6.45) is 66.7. The highest BCUT2D eigenvalue weighted by Crippen LogP contribution is 2.15. The van der Waals surface area contributed by atoms with E-state index in [-0.39, 0.29) is 25.2 Å². The zero-order chi connectivity index (χ0) is 42.1. The molecule has 5 nitrogen and oxygen atoms in total. The van der Waals surface area contributed by atoms with E-state index >= 15 is 0 Å². The predicted molar refractivity (Wildman–Crippen MR) is 251 cm³/mol. The van der Waals surface area contributed by atoms with Crippen molar-refractivity contribution in [2.75, 3.05) is 13.2 Å². The third-order valence-electron chi connectivity index (χ3n) is 10.2.